The molecule has 0 unspecified atom stereocenters. The quantitative estimate of drug-likeness (QED) is 0.564. The van der Waals surface area contributed by atoms with E-state index >= 15 is 0 Å². The molecule has 0 saturated carbocycles. The van der Waals surface area contributed by atoms with Crippen LogP contribution in [-0.2, 0) is 4.79 Å². The lowest BCUT2D eigenvalue weighted by Crippen LogP contribution is -2.23. The monoisotopic (exact) mass is 379 g/mol. The van der Waals surface area contributed by atoms with Crippen molar-refractivity contribution in [3.05, 3.63) is 48.2 Å². The van der Waals surface area contributed by atoms with E-state index in [0.717, 1.165) is 59.7 Å². The fraction of sp³-hybridized carbons (Fsp3) is 0.391. The van der Waals surface area contributed by atoms with E-state index in [-0.39, 0.29) is 11.8 Å². The van der Waals surface area contributed by atoms with Gasteiger partial charge in [-0.1, -0.05) is 26.7 Å². The van der Waals surface area contributed by atoms with Crippen LogP contribution in [0.15, 0.2) is 42.6 Å². The normalized spacial score (nSPS) is 12.1. The number of methoxy groups -OCH3 is 1. The summed E-state index contributed by atoms with van der Waals surface area (Å²) in [5.74, 6) is 1.59. The number of rotatable bonds is 8. The molecule has 0 bridgehead atoms. The number of carbonyl (C=O) groups excluding carboxylic acids is 1. The lowest BCUT2D eigenvalue weighted by Gasteiger charge is -2.15. The Morgan fingerprint density at radius 2 is 1.96 bits per heavy atom. The number of anilines is 1. The molecule has 1 N–H and O–H groups in total. The maximum Gasteiger partial charge on any atom is 0.228 e. The molecule has 0 radical (unpaired) electrons. The molecular weight excluding hydrogens is 350 g/mol. The SMILES string of the molecule is CCCC[C@H](CC)C(=O)Nc1c(-c2ccc(OC)cc2)nc2cc(C)ccn12. The van der Waals surface area contributed by atoms with Crippen molar-refractivity contribution in [2.75, 3.05) is 12.4 Å². The Balaban J connectivity index is 2.02. The average molecular weight is 380 g/mol. The molecule has 1 amide bonds. The van der Waals surface area contributed by atoms with Crippen molar-refractivity contribution in [3.8, 4) is 17.0 Å². The summed E-state index contributed by atoms with van der Waals surface area (Å²) in [4.78, 5) is 17.8. The van der Waals surface area contributed by atoms with Gasteiger partial charge in [0.15, 0.2) is 0 Å². The van der Waals surface area contributed by atoms with Crippen molar-refractivity contribution < 1.29 is 9.53 Å². The number of pyridine rings is 1. The summed E-state index contributed by atoms with van der Waals surface area (Å²) >= 11 is 0. The summed E-state index contributed by atoms with van der Waals surface area (Å²) in [6.45, 7) is 6.26. The van der Waals surface area contributed by atoms with E-state index in [1.165, 1.54) is 0 Å². The van der Waals surface area contributed by atoms with Crippen LogP contribution in [0.1, 0.15) is 45.1 Å². The van der Waals surface area contributed by atoms with Crippen molar-refractivity contribution in [2.24, 2.45) is 5.92 Å². The Labute approximate surface area is 166 Å². The number of ether oxygens (including phenoxy) is 1. The lowest BCUT2D eigenvalue weighted by molar-refractivity contribution is -0.120. The van der Waals surface area contributed by atoms with Gasteiger partial charge in [0, 0.05) is 17.7 Å². The summed E-state index contributed by atoms with van der Waals surface area (Å²) in [6, 6.07) is 11.8. The number of nitrogens with one attached hydrogen (secondary N) is 1. The van der Waals surface area contributed by atoms with Gasteiger partial charge in [0.05, 0.1) is 7.11 Å². The van der Waals surface area contributed by atoms with Crippen LogP contribution in [0.3, 0.4) is 0 Å². The molecule has 3 rings (SSSR count). The summed E-state index contributed by atoms with van der Waals surface area (Å²) in [6.07, 6.45) is 5.86. The zero-order valence-electron chi connectivity index (χ0n) is 17.2. The zero-order valence-corrected chi connectivity index (χ0v) is 17.2. The third-order valence-electron chi connectivity index (χ3n) is 5.16. The van der Waals surface area contributed by atoms with E-state index in [9.17, 15) is 4.79 Å². The van der Waals surface area contributed by atoms with Crippen LogP contribution < -0.4 is 10.1 Å². The molecule has 0 aliphatic carbocycles. The molecule has 28 heavy (non-hydrogen) atoms. The zero-order chi connectivity index (χ0) is 20.1. The second-order valence-corrected chi connectivity index (χ2v) is 7.21. The Kier molecular flexibility index (Phi) is 6.34. The van der Waals surface area contributed by atoms with E-state index in [1.54, 1.807) is 7.11 Å². The van der Waals surface area contributed by atoms with Crippen LogP contribution in [0.25, 0.3) is 16.9 Å². The fourth-order valence-corrected chi connectivity index (χ4v) is 3.41. The second-order valence-electron chi connectivity index (χ2n) is 7.21. The Morgan fingerprint density at radius 3 is 2.61 bits per heavy atom. The molecule has 0 saturated heterocycles. The number of carbonyl (C=O) groups is 1. The summed E-state index contributed by atoms with van der Waals surface area (Å²) in [5.41, 5.74) is 3.67. The van der Waals surface area contributed by atoms with Gasteiger partial charge >= 0.3 is 0 Å². The molecule has 2 aromatic heterocycles. The minimum atomic E-state index is 0.0136. The first kappa shape index (κ1) is 19.9. The Morgan fingerprint density at radius 1 is 1.21 bits per heavy atom. The van der Waals surface area contributed by atoms with Crippen LogP contribution in [-0.4, -0.2) is 22.4 Å². The fourth-order valence-electron chi connectivity index (χ4n) is 3.41. The van der Waals surface area contributed by atoms with Gasteiger partial charge in [0.1, 0.15) is 22.9 Å². The van der Waals surface area contributed by atoms with E-state index in [1.807, 2.05) is 53.9 Å². The van der Waals surface area contributed by atoms with Crippen LogP contribution >= 0.6 is 0 Å². The van der Waals surface area contributed by atoms with Gasteiger partial charge in [-0.05, 0) is 61.7 Å². The third kappa shape index (κ3) is 4.19. The number of nitrogens with zero attached hydrogens (tertiary/aromatic N) is 2. The highest BCUT2D eigenvalue weighted by Crippen LogP contribution is 2.31. The number of fused-ring (bicyclic) bond motifs is 1. The number of aromatic nitrogens is 2. The molecule has 0 aliphatic rings. The van der Waals surface area contributed by atoms with Gasteiger partial charge in [0.2, 0.25) is 5.91 Å². The lowest BCUT2D eigenvalue weighted by atomic mass is 9.98. The average Bonchev–Trinajstić information content (AvgIpc) is 3.06. The number of imidazole rings is 1. The number of amides is 1. The summed E-state index contributed by atoms with van der Waals surface area (Å²) in [5, 5.41) is 3.17. The highest BCUT2D eigenvalue weighted by Gasteiger charge is 2.21. The van der Waals surface area contributed by atoms with Crippen LogP contribution in [0.2, 0.25) is 0 Å². The minimum absolute atomic E-state index is 0.0136. The predicted octanol–water partition coefficient (Wildman–Crippen LogP) is 5.47. The molecule has 0 spiro atoms. The van der Waals surface area contributed by atoms with Crippen molar-refractivity contribution in [1.82, 2.24) is 9.38 Å². The maximum atomic E-state index is 13.0. The molecule has 2 heterocycles. The van der Waals surface area contributed by atoms with Gasteiger partial charge in [-0.25, -0.2) is 4.98 Å². The number of hydrogen-bond donors (Lipinski definition) is 1. The van der Waals surface area contributed by atoms with Crippen LogP contribution in [0.4, 0.5) is 5.82 Å². The molecular formula is C23H29N3O2. The first-order chi connectivity index (χ1) is 13.6. The Hall–Kier alpha value is -2.82. The van der Waals surface area contributed by atoms with Crippen LogP contribution in [0, 0.1) is 12.8 Å². The molecule has 5 nitrogen and oxygen atoms in total. The third-order valence-corrected chi connectivity index (χ3v) is 5.16. The van der Waals surface area contributed by atoms with Crippen molar-refractivity contribution >= 4 is 17.4 Å². The first-order valence-corrected chi connectivity index (χ1v) is 10.0. The minimum Gasteiger partial charge on any atom is -0.497 e. The molecule has 0 fully saturated rings. The highest BCUT2D eigenvalue weighted by molar-refractivity contribution is 5.96. The second kappa shape index (κ2) is 8.91. The van der Waals surface area contributed by atoms with Crippen molar-refractivity contribution in [2.45, 2.75) is 46.5 Å². The van der Waals surface area contributed by atoms with Crippen molar-refractivity contribution in [1.29, 1.82) is 0 Å². The Bertz CT molecular complexity index is 944. The highest BCUT2D eigenvalue weighted by atomic mass is 16.5. The number of aryl methyl sites for hydroxylation is 1. The van der Waals surface area contributed by atoms with E-state index in [4.69, 9.17) is 9.72 Å². The summed E-state index contributed by atoms with van der Waals surface area (Å²) < 4.78 is 7.22. The van der Waals surface area contributed by atoms with Gasteiger partial charge < -0.3 is 10.1 Å². The smallest absolute Gasteiger partial charge is 0.228 e. The number of benzene rings is 1. The molecule has 0 aliphatic heterocycles. The summed E-state index contributed by atoms with van der Waals surface area (Å²) in [7, 11) is 1.65. The predicted molar refractivity (Wildman–Crippen MR) is 114 cm³/mol. The number of hydrogen-bond acceptors (Lipinski definition) is 3. The topological polar surface area (TPSA) is 55.6 Å². The number of unbranched alkanes of at least 4 members (excludes halogenated alkanes) is 1. The van der Waals surface area contributed by atoms with Gasteiger partial charge in [-0.3, -0.25) is 9.20 Å². The molecule has 1 atom stereocenters. The van der Waals surface area contributed by atoms with E-state index < -0.39 is 0 Å². The van der Waals surface area contributed by atoms with Gasteiger partial charge in [0.25, 0.3) is 0 Å². The standard InChI is InChI=1S/C23H29N3O2/c1-5-7-8-17(6-2)23(27)25-22-21(18-9-11-19(28-4)12-10-18)24-20-15-16(3)13-14-26(20)22/h9-15,17H,5-8H2,1-4H3,(H,25,27)/t17-/m0/s1. The molecule has 1 aromatic carbocycles. The van der Waals surface area contributed by atoms with Crippen LogP contribution in [0.5, 0.6) is 5.75 Å². The first-order valence-electron chi connectivity index (χ1n) is 10.0. The maximum absolute atomic E-state index is 13.0. The molecule has 5 heteroatoms. The van der Waals surface area contributed by atoms with Gasteiger partial charge in [-0.2, -0.15) is 0 Å². The van der Waals surface area contributed by atoms with E-state index in [2.05, 4.69) is 19.2 Å². The van der Waals surface area contributed by atoms with Gasteiger partial charge in [-0.15, -0.1) is 0 Å². The van der Waals surface area contributed by atoms with Crippen molar-refractivity contribution in [3.63, 3.8) is 0 Å². The molecule has 148 valence electrons. The molecule has 3 aromatic rings. The van der Waals surface area contributed by atoms with E-state index in [0.29, 0.717) is 0 Å². The largest absolute Gasteiger partial charge is 0.497 e.